The molecule has 0 radical (unpaired) electrons. The highest BCUT2D eigenvalue weighted by Gasteiger charge is 2.35. The number of carbonyl (C=O) groups excluding carboxylic acids is 1. The molecule has 0 aliphatic carbocycles. The van der Waals surface area contributed by atoms with E-state index in [4.69, 9.17) is 9.84 Å². The van der Waals surface area contributed by atoms with Crippen molar-refractivity contribution >= 4 is 17.6 Å². The number of alkyl halides is 3. The number of hydrogen-bond donors (Lipinski definition) is 3. The number of carboxylic acid groups (broad SMARTS) is 1. The Morgan fingerprint density at radius 1 is 1.13 bits per heavy atom. The van der Waals surface area contributed by atoms with E-state index in [9.17, 15) is 27.9 Å². The van der Waals surface area contributed by atoms with Crippen LogP contribution in [0.25, 0.3) is 0 Å². The minimum absolute atomic E-state index is 0.0274. The van der Waals surface area contributed by atoms with Crippen LogP contribution in [-0.2, 0) is 11.0 Å². The molecule has 1 aliphatic heterocycles. The minimum atomic E-state index is -4.60. The number of likely N-dealkylation sites (tertiary alicyclic amines) is 1. The van der Waals surface area contributed by atoms with Gasteiger partial charge in [-0.1, -0.05) is 18.2 Å². The SMILES string of the molecule is O=C(CN1C[C@@H](O)[C@H](Oc2cccc(C(=O)O)c2)C1)Nc1ccccc1C(F)(F)F. The number of carboxylic acids is 1. The van der Waals surface area contributed by atoms with Gasteiger partial charge in [-0.3, -0.25) is 9.69 Å². The Kier molecular flexibility index (Phi) is 6.28. The lowest BCUT2D eigenvalue weighted by molar-refractivity contribution is -0.137. The number of benzene rings is 2. The van der Waals surface area contributed by atoms with Gasteiger partial charge in [0.25, 0.3) is 0 Å². The van der Waals surface area contributed by atoms with E-state index in [1.165, 1.54) is 36.4 Å². The standard InChI is InChI=1S/C20H19F3N2O5/c21-20(22,23)14-6-1-2-7-15(14)24-18(27)11-25-9-16(26)17(10-25)30-13-5-3-4-12(8-13)19(28)29/h1-8,16-17,26H,9-11H2,(H,24,27)(H,28,29)/t16-,17-/m1/s1. The number of amides is 1. The summed E-state index contributed by atoms with van der Waals surface area (Å²) in [6.45, 7) is -0.0112. The van der Waals surface area contributed by atoms with E-state index in [-0.39, 0.29) is 36.6 Å². The van der Waals surface area contributed by atoms with Gasteiger partial charge in [-0.2, -0.15) is 13.2 Å². The first kappa shape index (κ1) is 21.6. The number of β-amino-alcohol motifs (C(OH)–C–C–N with tert-alkyl or cyclic N) is 1. The first-order valence-electron chi connectivity index (χ1n) is 9.00. The van der Waals surface area contributed by atoms with Crippen LogP contribution in [0.1, 0.15) is 15.9 Å². The predicted molar refractivity (Wildman–Crippen MR) is 100 cm³/mol. The molecule has 7 nitrogen and oxygen atoms in total. The maximum absolute atomic E-state index is 13.0. The van der Waals surface area contributed by atoms with E-state index < -0.39 is 35.8 Å². The molecule has 1 saturated heterocycles. The molecular weight excluding hydrogens is 405 g/mol. The summed E-state index contributed by atoms with van der Waals surface area (Å²) >= 11 is 0. The second-order valence-electron chi connectivity index (χ2n) is 6.84. The lowest BCUT2D eigenvalue weighted by Crippen LogP contribution is -2.33. The zero-order valence-electron chi connectivity index (χ0n) is 15.6. The molecular formula is C20H19F3N2O5. The molecule has 3 N–H and O–H groups in total. The molecule has 1 amide bonds. The van der Waals surface area contributed by atoms with Gasteiger partial charge < -0.3 is 20.3 Å². The number of aliphatic hydroxyl groups excluding tert-OH is 1. The van der Waals surface area contributed by atoms with E-state index in [2.05, 4.69) is 5.32 Å². The smallest absolute Gasteiger partial charge is 0.418 e. The molecule has 1 aliphatic rings. The van der Waals surface area contributed by atoms with Crippen molar-refractivity contribution in [1.82, 2.24) is 4.90 Å². The summed E-state index contributed by atoms with van der Waals surface area (Å²) in [4.78, 5) is 24.8. The Morgan fingerprint density at radius 3 is 2.57 bits per heavy atom. The van der Waals surface area contributed by atoms with E-state index >= 15 is 0 Å². The number of anilines is 1. The topological polar surface area (TPSA) is 99.1 Å². The van der Waals surface area contributed by atoms with Crippen molar-refractivity contribution in [2.24, 2.45) is 0 Å². The second kappa shape index (κ2) is 8.72. The van der Waals surface area contributed by atoms with Crippen molar-refractivity contribution in [3.63, 3.8) is 0 Å². The van der Waals surface area contributed by atoms with Gasteiger partial charge >= 0.3 is 12.1 Å². The summed E-state index contributed by atoms with van der Waals surface area (Å²) in [6, 6.07) is 10.4. The van der Waals surface area contributed by atoms with Crippen LogP contribution in [0.4, 0.5) is 18.9 Å². The molecule has 2 aromatic rings. The maximum atomic E-state index is 13.0. The van der Waals surface area contributed by atoms with Crippen molar-refractivity contribution in [3.05, 3.63) is 59.7 Å². The van der Waals surface area contributed by atoms with Crippen LogP contribution in [0.5, 0.6) is 5.75 Å². The molecule has 0 spiro atoms. The zero-order valence-corrected chi connectivity index (χ0v) is 15.6. The van der Waals surface area contributed by atoms with Gasteiger partial charge in [0.05, 0.1) is 23.4 Å². The van der Waals surface area contributed by atoms with Crippen molar-refractivity contribution in [1.29, 1.82) is 0 Å². The van der Waals surface area contributed by atoms with Gasteiger partial charge in [0.1, 0.15) is 18.0 Å². The number of halogens is 3. The van der Waals surface area contributed by atoms with Crippen LogP contribution >= 0.6 is 0 Å². The summed E-state index contributed by atoms with van der Waals surface area (Å²) in [5.41, 5.74) is -1.26. The molecule has 1 heterocycles. The minimum Gasteiger partial charge on any atom is -0.486 e. The Labute approximate surface area is 169 Å². The second-order valence-corrected chi connectivity index (χ2v) is 6.84. The Morgan fingerprint density at radius 2 is 1.87 bits per heavy atom. The van der Waals surface area contributed by atoms with Crippen LogP contribution in [0.15, 0.2) is 48.5 Å². The highest BCUT2D eigenvalue weighted by Crippen LogP contribution is 2.34. The molecule has 1 fully saturated rings. The normalized spacial score (nSPS) is 19.5. The summed E-state index contributed by atoms with van der Waals surface area (Å²) in [5, 5.41) is 21.5. The third-order valence-corrected chi connectivity index (χ3v) is 4.55. The van der Waals surface area contributed by atoms with Crippen LogP contribution in [-0.4, -0.2) is 58.8 Å². The summed E-state index contributed by atoms with van der Waals surface area (Å²) in [6.07, 6.45) is -6.27. The number of para-hydroxylation sites is 1. The summed E-state index contributed by atoms with van der Waals surface area (Å²) in [7, 11) is 0. The zero-order chi connectivity index (χ0) is 21.9. The highest BCUT2D eigenvalue weighted by atomic mass is 19.4. The predicted octanol–water partition coefficient (Wildman–Crippen LogP) is 2.47. The molecule has 0 aromatic heterocycles. The first-order valence-corrected chi connectivity index (χ1v) is 9.00. The lowest BCUT2D eigenvalue weighted by atomic mass is 10.1. The number of rotatable bonds is 6. The molecule has 0 bridgehead atoms. The van der Waals surface area contributed by atoms with Crippen molar-refractivity contribution in [2.75, 3.05) is 25.0 Å². The quantitative estimate of drug-likeness (QED) is 0.659. The number of nitrogens with zero attached hydrogens (tertiary/aromatic N) is 1. The Balaban J connectivity index is 1.60. The van der Waals surface area contributed by atoms with Crippen molar-refractivity contribution in [2.45, 2.75) is 18.4 Å². The largest absolute Gasteiger partial charge is 0.486 e. The van der Waals surface area contributed by atoms with Gasteiger partial charge in [-0.05, 0) is 30.3 Å². The fraction of sp³-hybridized carbons (Fsp3) is 0.300. The van der Waals surface area contributed by atoms with Gasteiger partial charge in [0.15, 0.2) is 0 Å². The van der Waals surface area contributed by atoms with E-state index in [0.29, 0.717) is 0 Å². The van der Waals surface area contributed by atoms with E-state index in [0.717, 1.165) is 6.07 Å². The third kappa shape index (κ3) is 5.28. The van der Waals surface area contributed by atoms with E-state index in [1.807, 2.05) is 0 Å². The average Bonchev–Trinajstić information content (AvgIpc) is 3.00. The fourth-order valence-electron chi connectivity index (χ4n) is 3.19. The van der Waals surface area contributed by atoms with Crippen LogP contribution < -0.4 is 10.1 Å². The third-order valence-electron chi connectivity index (χ3n) is 4.55. The maximum Gasteiger partial charge on any atom is 0.418 e. The van der Waals surface area contributed by atoms with Crippen LogP contribution in [0.3, 0.4) is 0 Å². The van der Waals surface area contributed by atoms with Gasteiger partial charge in [0.2, 0.25) is 5.91 Å². The molecule has 160 valence electrons. The van der Waals surface area contributed by atoms with Crippen LogP contribution in [0.2, 0.25) is 0 Å². The van der Waals surface area contributed by atoms with Gasteiger partial charge in [-0.15, -0.1) is 0 Å². The molecule has 0 unspecified atom stereocenters. The molecule has 10 heteroatoms. The van der Waals surface area contributed by atoms with Crippen molar-refractivity contribution in [3.8, 4) is 5.75 Å². The molecule has 2 atom stereocenters. The number of ether oxygens (including phenoxy) is 1. The Bertz CT molecular complexity index is 935. The average molecular weight is 424 g/mol. The van der Waals surface area contributed by atoms with Gasteiger partial charge in [0, 0.05) is 13.1 Å². The Hall–Kier alpha value is -3.11. The highest BCUT2D eigenvalue weighted by molar-refractivity contribution is 5.93. The van der Waals surface area contributed by atoms with Gasteiger partial charge in [-0.25, -0.2) is 4.79 Å². The number of aliphatic hydroxyl groups is 1. The summed E-state index contributed by atoms with van der Waals surface area (Å²) in [5.74, 6) is -1.53. The van der Waals surface area contributed by atoms with Crippen LogP contribution in [0, 0.1) is 0 Å². The number of nitrogens with one attached hydrogen (secondary N) is 1. The fourth-order valence-corrected chi connectivity index (χ4v) is 3.19. The summed E-state index contributed by atoms with van der Waals surface area (Å²) < 4.78 is 44.8. The monoisotopic (exact) mass is 424 g/mol. The first-order chi connectivity index (χ1) is 14.1. The number of aromatic carboxylic acids is 1. The number of hydrogen-bond acceptors (Lipinski definition) is 5. The van der Waals surface area contributed by atoms with E-state index in [1.54, 1.807) is 11.0 Å². The molecule has 30 heavy (non-hydrogen) atoms. The molecule has 2 aromatic carbocycles. The van der Waals surface area contributed by atoms with Crippen molar-refractivity contribution < 1.29 is 37.7 Å². The molecule has 3 rings (SSSR count). The molecule has 0 saturated carbocycles. The number of carbonyl (C=O) groups is 2. The lowest BCUT2D eigenvalue weighted by Gasteiger charge is -2.18.